The topological polar surface area (TPSA) is 92.8 Å². The van der Waals surface area contributed by atoms with Crippen LogP contribution in [0.2, 0.25) is 0 Å². The lowest BCUT2D eigenvalue weighted by Crippen LogP contribution is -2.14. The third-order valence-corrected chi connectivity index (χ3v) is 7.71. The number of thiophene rings is 1. The number of aromatic nitrogens is 3. The molecule has 0 radical (unpaired) electrons. The molecule has 1 amide bonds. The number of ether oxygens (including phenoxy) is 1. The minimum atomic E-state index is -0.147. The largest absolute Gasteiger partial charge is 0.497 e. The lowest BCUT2D eigenvalue weighted by molar-refractivity contribution is -0.113. The molecule has 1 aliphatic rings. The van der Waals surface area contributed by atoms with Crippen molar-refractivity contribution in [2.75, 3.05) is 18.2 Å². The molecule has 4 rings (SSSR count). The molecule has 1 aromatic carbocycles. The first-order valence-electron chi connectivity index (χ1n) is 10.6. The monoisotopic (exact) mass is 467 g/mol. The average molecular weight is 468 g/mol. The zero-order valence-electron chi connectivity index (χ0n) is 18.3. The predicted molar refractivity (Wildman–Crippen MR) is 127 cm³/mol. The lowest BCUT2D eigenvalue weighted by Gasteiger charge is -2.17. The molecule has 3 aromatic rings. The SMILES string of the molecule is CCn1c(SCC(=O)Nc2sc3c(c2C#N)CCC(C)C3)nnc1-c1cccc(OC)c1. The minimum absolute atomic E-state index is 0.147. The summed E-state index contributed by atoms with van der Waals surface area (Å²) in [5, 5.41) is 22.6. The number of benzene rings is 1. The van der Waals surface area contributed by atoms with Crippen LogP contribution in [0.15, 0.2) is 29.4 Å². The summed E-state index contributed by atoms with van der Waals surface area (Å²) in [6.07, 6.45) is 2.98. The Balaban J connectivity index is 1.46. The maximum atomic E-state index is 12.7. The summed E-state index contributed by atoms with van der Waals surface area (Å²) >= 11 is 2.88. The zero-order chi connectivity index (χ0) is 22.7. The van der Waals surface area contributed by atoms with E-state index in [1.54, 1.807) is 18.4 Å². The Morgan fingerprint density at radius 2 is 2.28 bits per heavy atom. The van der Waals surface area contributed by atoms with E-state index >= 15 is 0 Å². The van der Waals surface area contributed by atoms with E-state index in [1.165, 1.54) is 16.6 Å². The van der Waals surface area contributed by atoms with E-state index in [1.807, 2.05) is 35.8 Å². The Kier molecular flexibility index (Phi) is 6.82. The normalized spacial score (nSPS) is 15.1. The van der Waals surface area contributed by atoms with Gasteiger partial charge in [0, 0.05) is 17.0 Å². The number of carbonyl (C=O) groups excluding carboxylic acids is 1. The molecule has 32 heavy (non-hydrogen) atoms. The summed E-state index contributed by atoms with van der Waals surface area (Å²) in [4.78, 5) is 13.9. The van der Waals surface area contributed by atoms with E-state index in [2.05, 4.69) is 28.5 Å². The first-order valence-corrected chi connectivity index (χ1v) is 12.4. The number of carbonyl (C=O) groups is 1. The molecule has 0 bridgehead atoms. The van der Waals surface area contributed by atoms with Crippen molar-refractivity contribution in [2.24, 2.45) is 5.92 Å². The Bertz CT molecular complexity index is 1180. The predicted octanol–water partition coefficient (Wildman–Crippen LogP) is 4.76. The molecule has 0 saturated carbocycles. The molecule has 1 atom stereocenters. The van der Waals surface area contributed by atoms with E-state index in [4.69, 9.17) is 4.74 Å². The second-order valence-corrected chi connectivity index (χ2v) is 9.83. The van der Waals surface area contributed by atoms with Gasteiger partial charge in [0.15, 0.2) is 11.0 Å². The van der Waals surface area contributed by atoms with Crippen molar-refractivity contribution in [3.63, 3.8) is 0 Å². The number of anilines is 1. The molecule has 1 N–H and O–H groups in total. The van der Waals surface area contributed by atoms with Crippen molar-refractivity contribution in [1.29, 1.82) is 5.26 Å². The van der Waals surface area contributed by atoms with Crippen LogP contribution in [0.3, 0.4) is 0 Å². The molecule has 0 spiro atoms. The first-order chi connectivity index (χ1) is 15.5. The number of methoxy groups -OCH3 is 1. The summed E-state index contributed by atoms with van der Waals surface area (Å²) in [5.41, 5.74) is 2.66. The van der Waals surface area contributed by atoms with Gasteiger partial charge in [0.1, 0.15) is 16.8 Å². The van der Waals surface area contributed by atoms with Crippen molar-refractivity contribution in [3.8, 4) is 23.2 Å². The number of nitrogens with zero attached hydrogens (tertiary/aromatic N) is 4. The lowest BCUT2D eigenvalue weighted by atomic mass is 9.89. The molecule has 2 aromatic heterocycles. The number of nitriles is 1. The number of fused-ring (bicyclic) bond motifs is 1. The second-order valence-electron chi connectivity index (χ2n) is 7.79. The quantitative estimate of drug-likeness (QED) is 0.504. The van der Waals surface area contributed by atoms with Crippen LogP contribution in [-0.4, -0.2) is 33.5 Å². The van der Waals surface area contributed by atoms with Crippen LogP contribution in [0, 0.1) is 17.2 Å². The molecular formula is C23H25N5O2S2. The summed E-state index contributed by atoms with van der Waals surface area (Å²) < 4.78 is 7.29. The second kappa shape index (κ2) is 9.76. The van der Waals surface area contributed by atoms with Crippen LogP contribution in [0.5, 0.6) is 5.75 Å². The minimum Gasteiger partial charge on any atom is -0.497 e. The fourth-order valence-electron chi connectivity index (χ4n) is 3.91. The Hall–Kier alpha value is -2.83. The Morgan fingerprint density at radius 3 is 3.03 bits per heavy atom. The van der Waals surface area contributed by atoms with Gasteiger partial charge in [-0.2, -0.15) is 5.26 Å². The van der Waals surface area contributed by atoms with E-state index in [9.17, 15) is 10.1 Å². The fourth-order valence-corrected chi connectivity index (χ4v) is 6.09. The average Bonchev–Trinajstić information content (AvgIpc) is 3.37. The summed E-state index contributed by atoms with van der Waals surface area (Å²) in [6, 6.07) is 9.97. The summed E-state index contributed by atoms with van der Waals surface area (Å²) in [5.74, 6) is 2.15. The maximum Gasteiger partial charge on any atom is 0.235 e. The van der Waals surface area contributed by atoms with E-state index in [0.717, 1.165) is 42.0 Å². The van der Waals surface area contributed by atoms with Crippen LogP contribution in [-0.2, 0) is 24.2 Å². The fraction of sp³-hybridized carbons (Fsp3) is 0.391. The van der Waals surface area contributed by atoms with Crippen molar-refractivity contribution < 1.29 is 9.53 Å². The third kappa shape index (κ3) is 4.52. The number of hydrogen-bond donors (Lipinski definition) is 1. The van der Waals surface area contributed by atoms with Gasteiger partial charge in [0.2, 0.25) is 5.91 Å². The smallest absolute Gasteiger partial charge is 0.235 e. The highest BCUT2D eigenvalue weighted by Crippen LogP contribution is 2.39. The van der Waals surface area contributed by atoms with Gasteiger partial charge >= 0.3 is 0 Å². The van der Waals surface area contributed by atoms with Gasteiger partial charge in [-0.25, -0.2) is 0 Å². The van der Waals surface area contributed by atoms with Crippen LogP contribution >= 0.6 is 23.1 Å². The molecule has 0 saturated heterocycles. The molecule has 0 fully saturated rings. The van der Waals surface area contributed by atoms with E-state index < -0.39 is 0 Å². The van der Waals surface area contributed by atoms with Gasteiger partial charge in [-0.05, 0) is 49.8 Å². The van der Waals surface area contributed by atoms with Crippen LogP contribution in [0.4, 0.5) is 5.00 Å². The third-order valence-electron chi connectivity index (χ3n) is 5.57. The number of thioether (sulfide) groups is 1. The number of amides is 1. The van der Waals surface area contributed by atoms with Crippen molar-refractivity contribution in [1.82, 2.24) is 14.8 Å². The highest BCUT2D eigenvalue weighted by molar-refractivity contribution is 7.99. The van der Waals surface area contributed by atoms with E-state index in [-0.39, 0.29) is 11.7 Å². The van der Waals surface area contributed by atoms with Gasteiger partial charge in [-0.15, -0.1) is 21.5 Å². The van der Waals surface area contributed by atoms with Gasteiger partial charge < -0.3 is 14.6 Å². The number of rotatable bonds is 7. The zero-order valence-corrected chi connectivity index (χ0v) is 20.0. The molecule has 2 heterocycles. The molecule has 166 valence electrons. The Labute approximate surface area is 195 Å². The van der Waals surface area contributed by atoms with Crippen LogP contribution in [0.25, 0.3) is 11.4 Å². The molecule has 9 heteroatoms. The van der Waals surface area contributed by atoms with Crippen molar-refractivity contribution in [3.05, 3.63) is 40.3 Å². The molecule has 7 nitrogen and oxygen atoms in total. The standard InChI is InChI=1S/C23H25N5O2S2/c1-4-28-21(15-6-5-7-16(11-15)30-3)26-27-23(28)31-13-20(29)25-22-18(12-24)17-9-8-14(2)10-19(17)32-22/h5-7,11,14H,4,8-10,13H2,1-3H3,(H,25,29). The molecule has 1 unspecified atom stereocenters. The molecular weight excluding hydrogens is 442 g/mol. The molecule has 1 aliphatic carbocycles. The summed E-state index contributed by atoms with van der Waals surface area (Å²) in [6.45, 7) is 4.93. The highest BCUT2D eigenvalue weighted by atomic mass is 32.2. The highest BCUT2D eigenvalue weighted by Gasteiger charge is 2.25. The maximum absolute atomic E-state index is 12.7. The van der Waals surface area contributed by atoms with E-state index in [0.29, 0.717) is 28.2 Å². The Morgan fingerprint density at radius 1 is 1.44 bits per heavy atom. The van der Waals surface area contributed by atoms with Crippen LogP contribution in [0.1, 0.15) is 36.3 Å². The first kappa shape index (κ1) is 22.4. The van der Waals surface area contributed by atoms with Crippen molar-refractivity contribution >= 4 is 34.0 Å². The van der Waals surface area contributed by atoms with Gasteiger partial charge in [0.25, 0.3) is 0 Å². The number of hydrogen-bond acceptors (Lipinski definition) is 7. The number of nitrogens with one attached hydrogen (secondary N) is 1. The van der Waals surface area contributed by atoms with Crippen molar-refractivity contribution in [2.45, 2.75) is 44.8 Å². The van der Waals surface area contributed by atoms with Gasteiger partial charge in [0.05, 0.1) is 18.4 Å². The van der Waals surface area contributed by atoms with Crippen LogP contribution < -0.4 is 10.1 Å². The van der Waals surface area contributed by atoms with Gasteiger partial charge in [-0.1, -0.05) is 30.8 Å². The summed E-state index contributed by atoms with van der Waals surface area (Å²) in [7, 11) is 1.63. The van der Waals surface area contributed by atoms with Gasteiger partial charge in [-0.3, -0.25) is 4.79 Å². The molecule has 0 aliphatic heterocycles.